The Morgan fingerprint density at radius 1 is 1.47 bits per heavy atom. The molecule has 2 rings (SSSR count). The van der Waals surface area contributed by atoms with Crippen LogP contribution in [0.1, 0.15) is 38.7 Å². The summed E-state index contributed by atoms with van der Waals surface area (Å²) in [7, 11) is 0. The molecule has 1 aromatic rings. The van der Waals surface area contributed by atoms with E-state index in [2.05, 4.69) is 27.3 Å². The Kier molecular flexibility index (Phi) is 4.87. The van der Waals surface area contributed by atoms with Gasteiger partial charge in [0.25, 0.3) is 0 Å². The zero-order valence-corrected chi connectivity index (χ0v) is 13.2. The first-order chi connectivity index (χ1) is 9.00. The lowest BCUT2D eigenvalue weighted by molar-refractivity contribution is 0.00815. The van der Waals surface area contributed by atoms with Crippen LogP contribution in [0.2, 0.25) is 0 Å². The number of ether oxygens (including phenoxy) is 1. The Bertz CT molecular complexity index is 430. The molecule has 0 saturated heterocycles. The van der Waals surface area contributed by atoms with Gasteiger partial charge in [0.05, 0.1) is 5.60 Å². The zero-order chi connectivity index (χ0) is 13.9. The van der Waals surface area contributed by atoms with Crippen LogP contribution in [0.5, 0.6) is 5.75 Å². The molecule has 1 aliphatic carbocycles. The van der Waals surface area contributed by atoms with E-state index in [9.17, 15) is 5.11 Å². The number of aliphatic hydroxyl groups is 1. The quantitative estimate of drug-likeness (QED) is 0.807. The molecular formula is C15H22BrNO2. The average molecular weight is 328 g/mol. The van der Waals surface area contributed by atoms with E-state index in [-0.39, 0.29) is 0 Å². The number of halogens is 1. The van der Waals surface area contributed by atoms with Crippen molar-refractivity contribution in [3.63, 3.8) is 0 Å². The fourth-order valence-corrected chi connectivity index (χ4v) is 2.11. The maximum atomic E-state index is 10.0. The summed E-state index contributed by atoms with van der Waals surface area (Å²) >= 11 is 3.49. The van der Waals surface area contributed by atoms with E-state index in [1.165, 1.54) is 12.8 Å². The second kappa shape index (κ2) is 6.25. The van der Waals surface area contributed by atoms with Gasteiger partial charge in [-0.3, -0.25) is 0 Å². The summed E-state index contributed by atoms with van der Waals surface area (Å²) in [5.74, 6) is 0.852. The van der Waals surface area contributed by atoms with Crippen LogP contribution in [-0.4, -0.2) is 23.4 Å². The number of hydrogen-bond donors (Lipinski definition) is 2. The van der Waals surface area contributed by atoms with Crippen LogP contribution in [0, 0.1) is 0 Å². The molecule has 0 amide bonds. The molecule has 3 nitrogen and oxygen atoms in total. The fourth-order valence-electron chi connectivity index (χ4n) is 1.70. The molecule has 0 radical (unpaired) electrons. The Morgan fingerprint density at radius 3 is 2.84 bits per heavy atom. The molecule has 19 heavy (non-hydrogen) atoms. The van der Waals surface area contributed by atoms with Crippen molar-refractivity contribution >= 4 is 15.9 Å². The highest BCUT2D eigenvalue weighted by atomic mass is 79.9. The van der Waals surface area contributed by atoms with Gasteiger partial charge in [-0.25, -0.2) is 0 Å². The topological polar surface area (TPSA) is 41.5 Å². The predicted octanol–water partition coefficient (Wildman–Crippen LogP) is 3.24. The molecule has 1 aliphatic rings. The number of hydrogen-bond acceptors (Lipinski definition) is 3. The van der Waals surface area contributed by atoms with Crippen molar-refractivity contribution in [2.75, 3.05) is 6.61 Å². The molecule has 1 atom stereocenters. The SMILES string of the molecule is CCC(C)(O)COc1ccc(Br)cc1CNC1CC1. The Morgan fingerprint density at radius 2 is 2.21 bits per heavy atom. The summed E-state index contributed by atoms with van der Waals surface area (Å²) in [5, 5.41) is 13.5. The standard InChI is InChI=1S/C15H22BrNO2/c1-3-15(2,18)10-19-14-7-4-12(16)8-11(14)9-17-13-5-6-13/h4,7-8,13,17-18H,3,5-6,9-10H2,1-2H3. The van der Waals surface area contributed by atoms with Gasteiger partial charge in [0, 0.05) is 22.6 Å². The molecule has 1 fully saturated rings. The van der Waals surface area contributed by atoms with E-state index in [4.69, 9.17) is 4.74 Å². The fraction of sp³-hybridized carbons (Fsp3) is 0.600. The molecule has 0 bridgehead atoms. The van der Waals surface area contributed by atoms with Gasteiger partial charge in [-0.1, -0.05) is 22.9 Å². The predicted molar refractivity (Wildman–Crippen MR) is 80.4 cm³/mol. The third-order valence-corrected chi connectivity index (χ3v) is 3.97. The molecule has 1 aromatic carbocycles. The van der Waals surface area contributed by atoms with E-state index in [0.29, 0.717) is 19.1 Å². The molecule has 4 heteroatoms. The minimum Gasteiger partial charge on any atom is -0.490 e. The van der Waals surface area contributed by atoms with E-state index >= 15 is 0 Å². The summed E-state index contributed by atoms with van der Waals surface area (Å²) in [5.41, 5.74) is 0.363. The van der Waals surface area contributed by atoms with Gasteiger partial charge in [-0.15, -0.1) is 0 Å². The Hall–Kier alpha value is -0.580. The van der Waals surface area contributed by atoms with Crippen molar-refractivity contribution < 1.29 is 9.84 Å². The van der Waals surface area contributed by atoms with E-state index < -0.39 is 5.60 Å². The first kappa shape index (κ1) is 14.8. The summed E-state index contributed by atoms with van der Waals surface area (Å²) in [6.07, 6.45) is 3.22. The van der Waals surface area contributed by atoms with Crippen LogP contribution < -0.4 is 10.1 Å². The van der Waals surface area contributed by atoms with Crippen molar-refractivity contribution in [1.82, 2.24) is 5.32 Å². The van der Waals surface area contributed by atoms with Crippen LogP contribution in [0.4, 0.5) is 0 Å². The Labute approximate surface area is 123 Å². The van der Waals surface area contributed by atoms with Gasteiger partial charge in [0.1, 0.15) is 12.4 Å². The third-order valence-electron chi connectivity index (χ3n) is 3.48. The van der Waals surface area contributed by atoms with E-state index in [1.54, 1.807) is 6.92 Å². The lowest BCUT2D eigenvalue weighted by atomic mass is 10.1. The van der Waals surface area contributed by atoms with Crippen LogP contribution in [-0.2, 0) is 6.54 Å². The van der Waals surface area contributed by atoms with Gasteiger partial charge in [-0.05, 0) is 44.4 Å². The molecule has 2 N–H and O–H groups in total. The first-order valence-corrected chi connectivity index (χ1v) is 7.66. The van der Waals surface area contributed by atoms with Crippen molar-refractivity contribution in [3.05, 3.63) is 28.2 Å². The van der Waals surface area contributed by atoms with Crippen molar-refractivity contribution in [1.29, 1.82) is 0 Å². The lowest BCUT2D eigenvalue weighted by Gasteiger charge is -2.22. The summed E-state index contributed by atoms with van der Waals surface area (Å²) in [6, 6.07) is 6.67. The molecule has 1 unspecified atom stereocenters. The van der Waals surface area contributed by atoms with E-state index in [0.717, 1.165) is 22.3 Å². The van der Waals surface area contributed by atoms with Gasteiger partial charge >= 0.3 is 0 Å². The van der Waals surface area contributed by atoms with Crippen molar-refractivity contribution in [3.8, 4) is 5.75 Å². The lowest BCUT2D eigenvalue weighted by Crippen LogP contribution is -2.31. The summed E-state index contributed by atoms with van der Waals surface area (Å²) in [6.45, 7) is 4.89. The summed E-state index contributed by atoms with van der Waals surface area (Å²) < 4.78 is 6.84. The van der Waals surface area contributed by atoms with Crippen LogP contribution in [0.25, 0.3) is 0 Å². The minimum absolute atomic E-state index is 0.321. The molecule has 1 saturated carbocycles. The van der Waals surface area contributed by atoms with E-state index in [1.807, 2.05) is 19.1 Å². The smallest absolute Gasteiger partial charge is 0.124 e. The highest BCUT2D eigenvalue weighted by Gasteiger charge is 2.22. The number of benzene rings is 1. The van der Waals surface area contributed by atoms with Gasteiger partial charge in [0.2, 0.25) is 0 Å². The van der Waals surface area contributed by atoms with Gasteiger partial charge < -0.3 is 15.2 Å². The highest BCUT2D eigenvalue weighted by Crippen LogP contribution is 2.26. The first-order valence-electron chi connectivity index (χ1n) is 6.87. The highest BCUT2D eigenvalue weighted by molar-refractivity contribution is 9.10. The maximum Gasteiger partial charge on any atom is 0.124 e. The zero-order valence-electron chi connectivity index (χ0n) is 11.6. The summed E-state index contributed by atoms with van der Waals surface area (Å²) in [4.78, 5) is 0. The number of rotatable bonds is 7. The van der Waals surface area contributed by atoms with Crippen LogP contribution >= 0.6 is 15.9 Å². The average Bonchev–Trinajstić information content (AvgIpc) is 3.19. The molecule has 0 spiro atoms. The maximum absolute atomic E-state index is 10.0. The van der Waals surface area contributed by atoms with Crippen LogP contribution in [0.15, 0.2) is 22.7 Å². The van der Waals surface area contributed by atoms with Crippen molar-refractivity contribution in [2.24, 2.45) is 0 Å². The van der Waals surface area contributed by atoms with Gasteiger partial charge in [-0.2, -0.15) is 0 Å². The number of nitrogens with one attached hydrogen (secondary N) is 1. The molecule has 106 valence electrons. The Balaban J connectivity index is 2.00. The molecule has 0 aromatic heterocycles. The second-order valence-corrected chi connectivity index (χ2v) is 6.46. The minimum atomic E-state index is -0.770. The molecule has 0 aliphatic heterocycles. The molecular weight excluding hydrogens is 306 g/mol. The van der Waals surface area contributed by atoms with Crippen molar-refractivity contribution in [2.45, 2.75) is 51.3 Å². The second-order valence-electron chi connectivity index (χ2n) is 5.55. The molecule has 0 heterocycles. The van der Waals surface area contributed by atoms with Crippen LogP contribution in [0.3, 0.4) is 0 Å². The normalized spacial score (nSPS) is 18.1. The van der Waals surface area contributed by atoms with Gasteiger partial charge in [0.15, 0.2) is 0 Å². The third kappa shape index (κ3) is 4.79. The monoisotopic (exact) mass is 327 g/mol. The largest absolute Gasteiger partial charge is 0.490 e.